The molecule has 0 aliphatic carbocycles. The molecule has 2 aromatic rings. The maximum absolute atomic E-state index is 14.4. The highest BCUT2D eigenvalue weighted by Crippen LogP contribution is 2.44. The van der Waals surface area contributed by atoms with Crippen LogP contribution in [0.25, 0.3) is 0 Å². The fraction of sp³-hybridized carbons (Fsp3) is 0.130. The molecule has 2 aromatic carbocycles. The Bertz CT molecular complexity index is 1290. The van der Waals surface area contributed by atoms with Crippen molar-refractivity contribution in [1.29, 1.82) is 10.5 Å². The topological polar surface area (TPSA) is 129 Å². The smallest absolute Gasteiger partial charge is 0.355 e. The number of allylic oxidation sites excluding steroid dienone is 1. The van der Waals surface area contributed by atoms with Gasteiger partial charge in [0.25, 0.3) is 0 Å². The second-order valence-corrected chi connectivity index (χ2v) is 6.70. The van der Waals surface area contributed by atoms with E-state index in [1.807, 2.05) is 6.07 Å². The molecule has 0 bridgehead atoms. The third-order valence-corrected chi connectivity index (χ3v) is 5.04. The molecule has 0 aromatic heterocycles. The lowest BCUT2D eigenvalue weighted by molar-refractivity contribution is -0.139. The van der Waals surface area contributed by atoms with Crippen LogP contribution >= 0.6 is 0 Å². The molecule has 3 rings (SSSR count). The van der Waals surface area contributed by atoms with E-state index in [2.05, 4.69) is 0 Å². The molecule has 0 fully saturated rings. The molecule has 1 heterocycles. The van der Waals surface area contributed by atoms with Crippen LogP contribution in [0.15, 0.2) is 65.1 Å². The van der Waals surface area contributed by atoms with Crippen LogP contribution in [0.4, 0.5) is 14.5 Å². The number of methoxy groups -OCH3 is 2. The number of nitriles is 2. The Hall–Kier alpha value is -4.70. The fourth-order valence-electron chi connectivity index (χ4n) is 3.60. The number of nitrogens with zero attached hydrogens (tertiary/aromatic N) is 3. The second kappa shape index (κ2) is 9.20. The third-order valence-electron chi connectivity index (χ3n) is 5.04. The standard InChI is InChI=1S/C23H16F2N4O4/c1-32-22(30)18-17(12-6-4-3-5-7-12)14(11-27)21(28)29(20(18)23(31)33-2)16-9-8-15(24)19(25)13(16)10-26/h3-9,17H,28H2,1-2H3. The van der Waals surface area contributed by atoms with Gasteiger partial charge in [0.15, 0.2) is 11.6 Å². The SMILES string of the molecule is COC(=O)C1=C(C(=O)OC)N(c2ccc(F)c(F)c2C#N)C(N)=C(C#N)C1c1ccccc1. The van der Waals surface area contributed by atoms with Gasteiger partial charge in [0.05, 0.1) is 43.0 Å². The Morgan fingerprint density at radius 3 is 2.18 bits per heavy atom. The van der Waals surface area contributed by atoms with E-state index in [1.54, 1.807) is 30.3 Å². The monoisotopic (exact) mass is 450 g/mol. The summed E-state index contributed by atoms with van der Waals surface area (Å²) in [6.45, 7) is 0. The summed E-state index contributed by atoms with van der Waals surface area (Å²) in [5, 5.41) is 19.4. The van der Waals surface area contributed by atoms with E-state index in [1.165, 1.54) is 6.07 Å². The largest absolute Gasteiger partial charge is 0.466 e. The normalized spacial score (nSPS) is 15.6. The van der Waals surface area contributed by atoms with Gasteiger partial charge >= 0.3 is 11.9 Å². The molecule has 10 heteroatoms. The van der Waals surface area contributed by atoms with Crippen molar-refractivity contribution in [3.8, 4) is 12.1 Å². The van der Waals surface area contributed by atoms with Crippen LogP contribution in [-0.2, 0) is 19.1 Å². The molecular formula is C23H16F2N4O4. The molecule has 1 aliphatic heterocycles. The zero-order chi connectivity index (χ0) is 24.3. The summed E-state index contributed by atoms with van der Waals surface area (Å²) >= 11 is 0. The van der Waals surface area contributed by atoms with Crippen molar-refractivity contribution in [2.75, 3.05) is 19.1 Å². The Labute approximate surface area is 187 Å². The predicted molar refractivity (Wildman–Crippen MR) is 111 cm³/mol. The van der Waals surface area contributed by atoms with Gasteiger partial charge in [-0.15, -0.1) is 0 Å². The van der Waals surface area contributed by atoms with E-state index >= 15 is 0 Å². The Morgan fingerprint density at radius 2 is 1.64 bits per heavy atom. The number of rotatable bonds is 4. The number of carbonyl (C=O) groups excluding carboxylic acids is 2. The molecule has 1 aliphatic rings. The zero-order valence-electron chi connectivity index (χ0n) is 17.4. The van der Waals surface area contributed by atoms with E-state index in [9.17, 15) is 28.9 Å². The Morgan fingerprint density at radius 1 is 1.00 bits per heavy atom. The van der Waals surface area contributed by atoms with Crippen LogP contribution in [0.2, 0.25) is 0 Å². The lowest BCUT2D eigenvalue weighted by Gasteiger charge is -2.36. The molecule has 1 unspecified atom stereocenters. The zero-order valence-corrected chi connectivity index (χ0v) is 17.4. The van der Waals surface area contributed by atoms with Crippen molar-refractivity contribution in [2.24, 2.45) is 5.73 Å². The molecule has 0 radical (unpaired) electrons. The molecule has 166 valence electrons. The van der Waals surface area contributed by atoms with Gasteiger partial charge < -0.3 is 15.2 Å². The number of carbonyl (C=O) groups is 2. The second-order valence-electron chi connectivity index (χ2n) is 6.70. The highest BCUT2D eigenvalue weighted by Gasteiger charge is 2.43. The van der Waals surface area contributed by atoms with Crippen molar-refractivity contribution < 1.29 is 27.8 Å². The van der Waals surface area contributed by atoms with Gasteiger partial charge in [0.1, 0.15) is 23.2 Å². The summed E-state index contributed by atoms with van der Waals surface area (Å²) in [5.74, 6) is -6.38. The quantitative estimate of drug-likeness (QED) is 0.704. The Balaban J connectivity index is 2.49. The first-order chi connectivity index (χ1) is 15.8. The first-order valence-corrected chi connectivity index (χ1v) is 9.36. The number of anilines is 1. The van der Waals surface area contributed by atoms with Gasteiger partial charge in [-0.25, -0.2) is 18.4 Å². The molecule has 33 heavy (non-hydrogen) atoms. The minimum atomic E-state index is -1.49. The van der Waals surface area contributed by atoms with Crippen molar-refractivity contribution in [3.63, 3.8) is 0 Å². The number of benzene rings is 2. The van der Waals surface area contributed by atoms with Crippen LogP contribution in [0.1, 0.15) is 17.0 Å². The maximum Gasteiger partial charge on any atom is 0.355 e. The van der Waals surface area contributed by atoms with Crippen molar-refractivity contribution in [3.05, 3.63) is 87.9 Å². The van der Waals surface area contributed by atoms with E-state index in [-0.39, 0.29) is 22.7 Å². The van der Waals surface area contributed by atoms with Gasteiger partial charge in [-0.1, -0.05) is 30.3 Å². The minimum absolute atomic E-state index is 0.178. The summed E-state index contributed by atoms with van der Waals surface area (Å²) < 4.78 is 37.9. The number of halogens is 2. The lowest BCUT2D eigenvalue weighted by Crippen LogP contribution is -2.41. The number of nitrogens with two attached hydrogens (primary N) is 1. The number of hydrogen-bond acceptors (Lipinski definition) is 8. The molecule has 1 atom stereocenters. The van der Waals surface area contributed by atoms with Crippen LogP contribution in [0, 0.1) is 34.3 Å². The van der Waals surface area contributed by atoms with Crippen LogP contribution in [-0.4, -0.2) is 26.2 Å². The number of ether oxygens (including phenoxy) is 2. The summed E-state index contributed by atoms with van der Waals surface area (Å²) in [6, 6.07) is 13.4. The van der Waals surface area contributed by atoms with Gasteiger partial charge in [-0.3, -0.25) is 4.90 Å². The van der Waals surface area contributed by atoms with Crippen LogP contribution < -0.4 is 10.6 Å². The van der Waals surface area contributed by atoms with E-state index in [0.29, 0.717) is 5.56 Å². The first-order valence-electron chi connectivity index (χ1n) is 9.36. The highest BCUT2D eigenvalue weighted by molar-refractivity contribution is 6.06. The first kappa shape index (κ1) is 23.0. The maximum atomic E-state index is 14.4. The molecule has 0 saturated heterocycles. The lowest BCUT2D eigenvalue weighted by atomic mass is 9.80. The van der Waals surface area contributed by atoms with Crippen molar-refractivity contribution >= 4 is 17.6 Å². The predicted octanol–water partition coefficient (Wildman–Crippen LogP) is 2.73. The summed E-state index contributed by atoms with van der Waals surface area (Å²) in [7, 11) is 2.11. The molecule has 8 nitrogen and oxygen atoms in total. The number of hydrogen-bond donors (Lipinski definition) is 1. The van der Waals surface area contributed by atoms with E-state index in [4.69, 9.17) is 15.2 Å². The third kappa shape index (κ3) is 3.75. The van der Waals surface area contributed by atoms with Crippen molar-refractivity contribution in [1.82, 2.24) is 0 Å². The Kier molecular flexibility index (Phi) is 6.41. The molecule has 0 saturated carbocycles. The summed E-state index contributed by atoms with van der Waals surface area (Å²) in [4.78, 5) is 26.7. The van der Waals surface area contributed by atoms with Gasteiger partial charge in [0.2, 0.25) is 0 Å². The van der Waals surface area contributed by atoms with Gasteiger partial charge in [-0.2, -0.15) is 10.5 Å². The molecule has 0 spiro atoms. The molecule has 0 amide bonds. The van der Waals surface area contributed by atoms with Crippen molar-refractivity contribution in [2.45, 2.75) is 5.92 Å². The van der Waals surface area contributed by atoms with Crippen LogP contribution in [0.3, 0.4) is 0 Å². The molecular weight excluding hydrogens is 434 g/mol. The van der Waals surface area contributed by atoms with E-state index < -0.39 is 40.8 Å². The highest BCUT2D eigenvalue weighted by atomic mass is 19.2. The molecule has 2 N–H and O–H groups in total. The van der Waals surface area contributed by atoms with E-state index in [0.717, 1.165) is 31.3 Å². The average molecular weight is 450 g/mol. The number of esters is 2. The summed E-state index contributed by atoms with van der Waals surface area (Å²) in [5.41, 5.74) is 4.53. The van der Waals surface area contributed by atoms with Gasteiger partial charge in [0, 0.05) is 0 Å². The van der Waals surface area contributed by atoms with Crippen LogP contribution in [0.5, 0.6) is 0 Å². The minimum Gasteiger partial charge on any atom is -0.466 e. The fourth-order valence-corrected chi connectivity index (χ4v) is 3.60. The average Bonchev–Trinajstić information content (AvgIpc) is 2.84. The van der Waals surface area contributed by atoms with Gasteiger partial charge in [-0.05, 0) is 17.7 Å². The summed E-state index contributed by atoms with van der Waals surface area (Å²) in [6.07, 6.45) is 0.